The third kappa shape index (κ3) is 2.28. The van der Waals surface area contributed by atoms with E-state index >= 15 is 0 Å². The fourth-order valence-electron chi connectivity index (χ4n) is 3.67. The van der Waals surface area contributed by atoms with Crippen molar-refractivity contribution in [2.24, 2.45) is 11.8 Å². The van der Waals surface area contributed by atoms with E-state index in [0.717, 1.165) is 5.57 Å². The van der Waals surface area contributed by atoms with E-state index in [1.165, 1.54) is 18.4 Å². The summed E-state index contributed by atoms with van der Waals surface area (Å²) in [5, 5.41) is 15.2. The molecule has 2 amide bonds. The van der Waals surface area contributed by atoms with E-state index in [2.05, 4.69) is 5.32 Å². The zero-order valence-electron chi connectivity index (χ0n) is 14.2. The monoisotopic (exact) mass is 324 g/mol. The number of allylic oxidation sites excluding steroid dienone is 8. The molecule has 5 heteroatoms. The quantitative estimate of drug-likeness (QED) is 0.576. The van der Waals surface area contributed by atoms with E-state index in [1.54, 1.807) is 19.2 Å². The summed E-state index contributed by atoms with van der Waals surface area (Å²) in [5.74, 6) is -1.32. The van der Waals surface area contributed by atoms with E-state index in [1.807, 2.05) is 25.2 Å². The van der Waals surface area contributed by atoms with Crippen molar-refractivity contribution < 1.29 is 19.3 Å². The summed E-state index contributed by atoms with van der Waals surface area (Å²) in [5.41, 5.74) is 3.41. The molecule has 124 valence electrons. The zero-order chi connectivity index (χ0) is 17.6. The molecule has 0 spiro atoms. The number of imide groups is 1. The molecule has 0 aromatic heterocycles. The average molecular weight is 324 g/mol. The van der Waals surface area contributed by atoms with Crippen LogP contribution in [0.1, 0.15) is 20.8 Å². The Hall–Kier alpha value is -2.69. The van der Waals surface area contributed by atoms with Crippen molar-refractivity contribution in [2.75, 3.05) is 7.05 Å². The molecule has 0 fully saturated rings. The maximum absolute atomic E-state index is 13.0. The van der Waals surface area contributed by atoms with Crippen LogP contribution in [0.15, 0.2) is 58.6 Å². The molecule has 1 N–H and O–H groups in total. The lowest BCUT2D eigenvalue weighted by molar-refractivity contribution is -0.382. The van der Waals surface area contributed by atoms with Gasteiger partial charge in [0, 0.05) is 24.7 Å². The van der Waals surface area contributed by atoms with Crippen LogP contribution in [0.4, 0.5) is 0 Å². The molecule has 2 atom stereocenters. The average Bonchev–Trinajstić information content (AvgIpc) is 2.53. The molecule has 3 aliphatic rings. The van der Waals surface area contributed by atoms with Crippen molar-refractivity contribution >= 4 is 17.5 Å². The number of carbonyl (C=O) groups is 2. The highest BCUT2D eigenvalue weighted by atomic mass is 16.3. The number of nitrogens with zero attached hydrogens (tertiary/aromatic N) is 1. The summed E-state index contributed by atoms with van der Waals surface area (Å²) in [4.78, 5) is 25.2. The summed E-state index contributed by atoms with van der Waals surface area (Å²) in [6.45, 7) is 4.86. The Balaban J connectivity index is 2.36. The van der Waals surface area contributed by atoms with Crippen LogP contribution < -0.4 is 10.4 Å². The Labute approximate surface area is 141 Å². The van der Waals surface area contributed by atoms with Crippen molar-refractivity contribution in [3.63, 3.8) is 0 Å². The summed E-state index contributed by atoms with van der Waals surface area (Å²) in [6.07, 6.45) is 9.23. The lowest BCUT2D eigenvalue weighted by Gasteiger charge is -2.35. The number of rotatable bonds is 1. The molecule has 1 heterocycles. The molecule has 0 aromatic carbocycles. The van der Waals surface area contributed by atoms with Crippen molar-refractivity contribution in [1.29, 1.82) is 0 Å². The Kier molecular flexibility index (Phi) is 3.87. The van der Waals surface area contributed by atoms with Crippen LogP contribution in [-0.4, -0.2) is 29.1 Å². The normalized spacial score (nSPS) is 27.7. The summed E-state index contributed by atoms with van der Waals surface area (Å²) < 4.78 is 1.23. The minimum absolute atomic E-state index is 0.0621. The first-order valence-corrected chi connectivity index (χ1v) is 7.93. The van der Waals surface area contributed by atoms with Gasteiger partial charge >= 0.3 is 11.8 Å². The molecule has 0 radical (unpaired) electrons. The summed E-state index contributed by atoms with van der Waals surface area (Å²) >= 11 is 0. The van der Waals surface area contributed by atoms with Crippen LogP contribution in [0.25, 0.3) is 0 Å². The molecule has 1 aliphatic heterocycles. The van der Waals surface area contributed by atoms with Crippen LogP contribution in [0.2, 0.25) is 0 Å². The van der Waals surface area contributed by atoms with Gasteiger partial charge in [-0.2, -0.15) is 0 Å². The van der Waals surface area contributed by atoms with Gasteiger partial charge in [-0.3, -0.25) is 0 Å². The minimum Gasteiger partial charge on any atom is -0.875 e. The third-order valence-electron chi connectivity index (χ3n) is 4.71. The first kappa shape index (κ1) is 16.2. The van der Waals surface area contributed by atoms with Crippen molar-refractivity contribution in [2.45, 2.75) is 20.8 Å². The van der Waals surface area contributed by atoms with Gasteiger partial charge in [-0.25, -0.2) is 9.59 Å². The van der Waals surface area contributed by atoms with Gasteiger partial charge in [0.15, 0.2) is 0 Å². The van der Waals surface area contributed by atoms with Gasteiger partial charge < -0.3 is 10.4 Å². The van der Waals surface area contributed by atoms with E-state index < -0.39 is 0 Å². The molecule has 5 nitrogen and oxygen atoms in total. The molecule has 2 unspecified atom stereocenters. The number of likely N-dealkylation sites (N-methyl/N-ethyl adjacent to an activating group) is 1. The topological polar surface area (TPSA) is 72.2 Å². The lowest BCUT2D eigenvalue weighted by atomic mass is 9.70. The van der Waals surface area contributed by atoms with Gasteiger partial charge in [0.1, 0.15) is 5.57 Å². The van der Waals surface area contributed by atoms with Crippen LogP contribution in [0, 0.1) is 11.8 Å². The molecule has 0 aromatic rings. The highest BCUT2D eigenvalue weighted by Gasteiger charge is 2.50. The molecule has 24 heavy (non-hydrogen) atoms. The Morgan fingerprint density at radius 1 is 1.21 bits per heavy atom. The van der Waals surface area contributed by atoms with Crippen LogP contribution in [0.3, 0.4) is 0 Å². The minimum atomic E-state index is -0.368. The van der Waals surface area contributed by atoms with Crippen LogP contribution >= 0.6 is 0 Å². The third-order valence-corrected chi connectivity index (χ3v) is 4.71. The van der Waals surface area contributed by atoms with Crippen molar-refractivity contribution in [3.8, 4) is 0 Å². The Morgan fingerprint density at radius 3 is 2.50 bits per heavy atom. The van der Waals surface area contributed by atoms with E-state index in [0.29, 0.717) is 22.6 Å². The van der Waals surface area contributed by atoms with Crippen molar-refractivity contribution in [3.05, 3.63) is 58.6 Å². The number of hydrogen-bond donors (Lipinski definition) is 1. The van der Waals surface area contributed by atoms with Gasteiger partial charge in [0.05, 0.1) is 12.8 Å². The van der Waals surface area contributed by atoms with Crippen molar-refractivity contribution in [1.82, 2.24) is 5.32 Å². The van der Waals surface area contributed by atoms with Gasteiger partial charge in [0.2, 0.25) is 5.71 Å². The second-order valence-corrected chi connectivity index (χ2v) is 6.25. The maximum Gasteiger partial charge on any atom is 0.426 e. The van der Waals surface area contributed by atoms with E-state index in [-0.39, 0.29) is 29.4 Å². The Bertz CT molecular complexity index is 831. The predicted octanol–water partition coefficient (Wildman–Crippen LogP) is 0.953. The Morgan fingerprint density at radius 2 is 1.92 bits per heavy atom. The second-order valence-electron chi connectivity index (χ2n) is 6.25. The zero-order valence-corrected chi connectivity index (χ0v) is 14.2. The molecule has 2 aliphatic carbocycles. The van der Waals surface area contributed by atoms with Gasteiger partial charge in [0.25, 0.3) is 0 Å². The second kappa shape index (κ2) is 5.74. The van der Waals surface area contributed by atoms with Crippen LogP contribution in [0.5, 0.6) is 0 Å². The van der Waals surface area contributed by atoms with Crippen LogP contribution in [-0.2, 0) is 9.59 Å². The predicted molar refractivity (Wildman–Crippen MR) is 88.8 cm³/mol. The number of amides is 2. The lowest BCUT2D eigenvalue weighted by Crippen LogP contribution is -2.48. The number of fused-ring (bicyclic) bond motifs is 3. The fraction of sp³-hybridized carbons (Fsp3) is 0.316. The van der Waals surface area contributed by atoms with E-state index in [9.17, 15) is 14.7 Å². The SMILES string of the molecule is CNC1=C2C(=O)[N+](C(C)=O)=C3C=CC(C)=CC3C2/C(=C(/C)[O-])C=C1. The first-order chi connectivity index (χ1) is 11.4. The molecule has 0 bridgehead atoms. The molecular weight excluding hydrogens is 304 g/mol. The largest absolute Gasteiger partial charge is 0.875 e. The highest BCUT2D eigenvalue weighted by molar-refractivity contribution is 6.10. The maximum atomic E-state index is 13.0. The number of carbonyl (C=O) groups excluding carboxylic acids is 2. The van der Waals surface area contributed by atoms with E-state index in [4.69, 9.17) is 0 Å². The number of nitrogens with one attached hydrogen (secondary N) is 1. The molecular formula is C19H20N2O3. The standard InChI is InChI=1S/C19H20N2O3/c1-10-5-8-16-14(9-10)17-13(11(2)22)6-7-15(20-4)18(17)19(24)21(16)12(3)23/h5-9,14,17H,1-4H3,(H-,20,22,24). The molecule has 0 saturated carbocycles. The van der Waals surface area contributed by atoms with Gasteiger partial charge in [-0.05, 0) is 13.0 Å². The van der Waals surface area contributed by atoms with Gasteiger partial charge in [-0.15, -0.1) is 5.76 Å². The highest BCUT2D eigenvalue weighted by Crippen LogP contribution is 2.41. The molecule has 3 rings (SSSR count). The smallest absolute Gasteiger partial charge is 0.426 e. The fourth-order valence-corrected chi connectivity index (χ4v) is 3.67. The number of hydrogen-bond acceptors (Lipinski definition) is 4. The van der Waals surface area contributed by atoms with Gasteiger partial charge in [-0.1, -0.05) is 40.9 Å². The molecule has 0 saturated heterocycles. The first-order valence-electron chi connectivity index (χ1n) is 7.93. The summed E-state index contributed by atoms with van der Waals surface area (Å²) in [6, 6.07) is 0. The summed E-state index contributed by atoms with van der Waals surface area (Å²) in [7, 11) is 1.73.